The van der Waals surface area contributed by atoms with Crippen molar-refractivity contribution in [3.63, 3.8) is 0 Å². The molecular weight excluding hydrogens is 200 g/mol. The predicted octanol–water partition coefficient (Wildman–Crippen LogP) is 1.59. The lowest BCUT2D eigenvalue weighted by atomic mass is 9.92. The minimum atomic E-state index is 0.237. The second-order valence-corrected chi connectivity index (χ2v) is 5.44. The van der Waals surface area contributed by atoms with Crippen LogP contribution in [0.4, 0.5) is 0 Å². The van der Waals surface area contributed by atoms with Gasteiger partial charge in [0.1, 0.15) is 0 Å². The Hall–Kier alpha value is -0.570. The quantitative estimate of drug-likeness (QED) is 0.727. The lowest BCUT2D eigenvalue weighted by Crippen LogP contribution is -2.53. The minimum Gasteiger partial charge on any atom is -0.342 e. The van der Waals surface area contributed by atoms with Crippen LogP contribution in [0.15, 0.2) is 0 Å². The van der Waals surface area contributed by atoms with E-state index in [2.05, 4.69) is 11.8 Å². The Labute approximate surface area is 98.8 Å². The molecule has 2 saturated heterocycles. The van der Waals surface area contributed by atoms with Crippen LogP contribution >= 0.6 is 0 Å². The number of likely N-dealkylation sites (tertiary alicyclic amines) is 2. The smallest absolute Gasteiger partial charge is 0.219 e. The van der Waals surface area contributed by atoms with Gasteiger partial charge in [-0.15, -0.1) is 0 Å². The van der Waals surface area contributed by atoms with E-state index in [-0.39, 0.29) is 5.91 Å². The highest BCUT2D eigenvalue weighted by molar-refractivity contribution is 5.74. The molecule has 0 spiro atoms. The molecule has 0 bridgehead atoms. The van der Waals surface area contributed by atoms with Crippen LogP contribution in [0.3, 0.4) is 0 Å². The fourth-order valence-electron chi connectivity index (χ4n) is 2.88. The van der Waals surface area contributed by atoms with Crippen LogP contribution in [0.1, 0.15) is 33.1 Å². The lowest BCUT2D eigenvalue weighted by molar-refractivity contribution is -0.135. The SMILES string of the molecule is CCC1CCN(CC2CN(C(C)=O)C2)CC1. The number of hydrogen-bond acceptors (Lipinski definition) is 2. The van der Waals surface area contributed by atoms with Gasteiger partial charge in [0.15, 0.2) is 0 Å². The van der Waals surface area contributed by atoms with Crippen molar-refractivity contribution in [3.8, 4) is 0 Å². The van der Waals surface area contributed by atoms with Crippen molar-refractivity contribution in [2.24, 2.45) is 11.8 Å². The fraction of sp³-hybridized carbons (Fsp3) is 0.923. The molecule has 2 aliphatic heterocycles. The molecule has 0 saturated carbocycles. The van der Waals surface area contributed by atoms with Gasteiger partial charge in [0.2, 0.25) is 5.91 Å². The third kappa shape index (κ3) is 2.76. The summed E-state index contributed by atoms with van der Waals surface area (Å²) < 4.78 is 0. The van der Waals surface area contributed by atoms with Crippen molar-refractivity contribution in [2.45, 2.75) is 33.1 Å². The highest BCUT2D eigenvalue weighted by Crippen LogP contribution is 2.23. The number of carbonyl (C=O) groups excluding carboxylic acids is 1. The van der Waals surface area contributed by atoms with Crippen LogP contribution in [0.2, 0.25) is 0 Å². The van der Waals surface area contributed by atoms with Crippen molar-refractivity contribution in [3.05, 3.63) is 0 Å². The third-order valence-electron chi connectivity index (χ3n) is 4.20. The molecule has 3 nitrogen and oxygen atoms in total. The summed E-state index contributed by atoms with van der Waals surface area (Å²) in [5.74, 6) is 1.94. The molecule has 92 valence electrons. The summed E-state index contributed by atoms with van der Waals surface area (Å²) >= 11 is 0. The van der Waals surface area contributed by atoms with E-state index in [1.165, 1.54) is 38.9 Å². The maximum absolute atomic E-state index is 11.1. The fourth-order valence-corrected chi connectivity index (χ4v) is 2.88. The number of nitrogens with zero attached hydrogens (tertiary/aromatic N) is 2. The zero-order valence-corrected chi connectivity index (χ0v) is 10.6. The second-order valence-electron chi connectivity index (χ2n) is 5.44. The standard InChI is InChI=1S/C13H24N2O/c1-3-12-4-6-14(7-5-12)8-13-9-15(10-13)11(2)16/h12-13H,3-10H2,1-2H3. The first-order valence-electron chi connectivity index (χ1n) is 6.67. The molecule has 0 aliphatic carbocycles. The maximum atomic E-state index is 11.1. The van der Waals surface area contributed by atoms with Gasteiger partial charge in [0.25, 0.3) is 0 Å². The van der Waals surface area contributed by atoms with E-state index in [1.807, 2.05) is 4.90 Å². The van der Waals surface area contributed by atoms with Crippen LogP contribution in [0, 0.1) is 11.8 Å². The molecule has 1 amide bonds. The summed E-state index contributed by atoms with van der Waals surface area (Å²) in [5, 5.41) is 0. The number of piperidine rings is 1. The van der Waals surface area contributed by atoms with E-state index in [9.17, 15) is 4.79 Å². The van der Waals surface area contributed by atoms with Crippen molar-refractivity contribution < 1.29 is 4.79 Å². The minimum absolute atomic E-state index is 0.237. The van der Waals surface area contributed by atoms with Gasteiger partial charge in [0, 0.05) is 32.5 Å². The van der Waals surface area contributed by atoms with Crippen molar-refractivity contribution in [2.75, 3.05) is 32.7 Å². The first-order chi connectivity index (χ1) is 7.69. The van der Waals surface area contributed by atoms with Crippen LogP contribution in [-0.4, -0.2) is 48.4 Å². The first kappa shape index (κ1) is 11.9. The molecular formula is C13H24N2O. The molecule has 2 fully saturated rings. The normalized spacial score (nSPS) is 24.5. The number of carbonyl (C=O) groups is 1. The van der Waals surface area contributed by atoms with Gasteiger partial charge in [-0.05, 0) is 31.8 Å². The van der Waals surface area contributed by atoms with Crippen LogP contribution in [0.25, 0.3) is 0 Å². The molecule has 0 unspecified atom stereocenters. The maximum Gasteiger partial charge on any atom is 0.219 e. The average molecular weight is 224 g/mol. The molecule has 0 aromatic carbocycles. The Balaban J connectivity index is 1.63. The van der Waals surface area contributed by atoms with E-state index in [0.717, 1.165) is 24.9 Å². The summed E-state index contributed by atoms with van der Waals surface area (Å²) in [5.41, 5.74) is 0. The van der Waals surface area contributed by atoms with Crippen LogP contribution in [-0.2, 0) is 4.79 Å². The zero-order chi connectivity index (χ0) is 11.5. The average Bonchev–Trinajstić information content (AvgIpc) is 2.23. The highest BCUT2D eigenvalue weighted by atomic mass is 16.2. The summed E-state index contributed by atoms with van der Waals surface area (Å²) in [6.07, 6.45) is 4.09. The molecule has 2 heterocycles. The molecule has 0 aromatic heterocycles. The van der Waals surface area contributed by atoms with E-state index in [0.29, 0.717) is 0 Å². The molecule has 0 aromatic rings. The largest absolute Gasteiger partial charge is 0.342 e. The second kappa shape index (κ2) is 5.17. The molecule has 16 heavy (non-hydrogen) atoms. The Morgan fingerprint density at radius 3 is 2.31 bits per heavy atom. The van der Waals surface area contributed by atoms with E-state index >= 15 is 0 Å². The van der Waals surface area contributed by atoms with E-state index in [1.54, 1.807) is 6.92 Å². The van der Waals surface area contributed by atoms with E-state index < -0.39 is 0 Å². The lowest BCUT2D eigenvalue weighted by Gasteiger charge is -2.42. The van der Waals surface area contributed by atoms with Crippen LogP contribution in [0.5, 0.6) is 0 Å². The van der Waals surface area contributed by atoms with Crippen molar-refractivity contribution in [1.29, 1.82) is 0 Å². The summed E-state index contributed by atoms with van der Waals surface area (Å²) in [4.78, 5) is 15.6. The molecule has 0 N–H and O–H groups in total. The molecule has 0 radical (unpaired) electrons. The summed E-state index contributed by atoms with van der Waals surface area (Å²) in [6.45, 7) is 9.70. The number of hydrogen-bond donors (Lipinski definition) is 0. The summed E-state index contributed by atoms with van der Waals surface area (Å²) in [6, 6.07) is 0. The monoisotopic (exact) mass is 224 g/mol. The zero-order valence-electron chi connectivity index (χ0n) is 10.6. The molecule has 3 heteroatoms. The number of amides is 1. The Bertz CT molecular complexity index is 240. The van der Waals surface area contributed by atoms with Gasteiger partial charge in [-0.3, -0.25) is 4.79 Å². The van der Waals surface area contributed by atoms with Gasteiger partial charge < -0.3 is 9.80 Å². The van der Waals surface area contributed by atoms with Gasteiger partial charge in [-0.25, -0.2) is 0 Å². The highest BCUT2D eigenvalue weighted by Gasteiger charge is 2.30. The van der Waals surface area contributed by atoms with Gasteiger partial charge in [0.05, 0.1) is 0 Å². The Morgan fingerprint density at radius 2 is 1.81 bits per heavy atom. The van der Waals surface area contributed by atoms with Crippen LogP contribution < -0.4 is 0 Å². The van der Waals surface area contributed by atoms with E-state index in [4.69, 9.17) is 0 Å². The van der Waals surface area contributed by atoms with Gasteiger partial charge in [-0.2, -0.15) is 0 Å². The summed E-state index contributed by atoms with van der Waals surface area (Å²) in [7, 11) is 0. The molecule has 2 rings (SSSR count). The van der Waals surface area contributed by atoms with Crippen molar-refractivity contribution in [1.82, 2.24) is 9.80 Å². The number of rotatable bonds is 3. The topological polar surface area (TPSA) is 23.6 Å². The van der Waals surface area contributed by atoms with Crippen molar-refractivity contribution >= 4 is 5.91 Å². The molecule has 0 atom stereocenters. The Morgan fingerprint density at radius 1 is 1.19 bits per heavy atom. The first-order valence-corrected chi connectivity index (χ1v) is 6.67. The van der Waals surface area contributed by atoms with Gasteiger partial charge in [-0.1, -0.05) is 13.3 Å². The third-order valence-corrected chi connectivity index (χ3v) is 4.20. The molecule has 2 aliphatic rings. The van der Waals surface area contributed by atoms with Gasteiger partial charge >= 0.3 is 0 Å². The Kier molecular flexibility index (Phi) is 3.85. The predicted molar refractivity (Wildman–Crippen MR) is 65.2 cm³/mol.